The van der Waals surface area contributed by atoms with Crippen LogP contribution in [0.15, 0.2) is 24.4 Å². The van der Waals surface area contributed by atoms with Crippen LogP contribution in [0.5, 0.6) is 0 Å². The molecule has 1 aromatic carbocycles. The lowest BCUT2D eigenvalue weighted by Gasteiger charge is -2.33. The maximum atomic E-state index is 13.9. The lowest BCUT2D eigenvalue weighted by Crippen LogP contribution is -2.45. The Bertz CT molecular complexity index is 801. The number of nitrogens with one attached hydrogen (secondary N) is 1. The minimum absolute atomic E-state index is 0.0316. The molecule has 0 radical (unpaired) electrons. The van der Waals surface area contributed by atoms with E-state index in [1.807, 2.05) is 0 Å². The summed E-state index contributed by atoms with van der Waals surface area (Å²) in [7, 11) is 3.33. The van der Waals surface area contributed by atoms with Gasteiger partial charge >= 0.3 is 0 Å². The Hall–Kier alpha value is -2.32. The number of hydrogen-bond acceptors (Lipinski definition) is 5. The molecule has 0 saturated carbocycles. The molecule has 8 heteroatoms. The van der Waals surface area contributed by atoms with Crippen LogP contribution in [0, 0.1) is 11.6 Å². The van der Waals surface area contributed by atoms with E-state index in [1.54, 1.807) is 20.2 Å². The Balaban J connectivity index is 1.80. The molecule has 0 aliphatic carbocycles. The second-order valence-corrected chi connectivity index (χ2v) is 6.39. The van der Waals surface area contributed by atoms with Crippen molar-refractivity contribution in [2.75, 3.05) is 39.2 Å². The van der Waals surface area contributed by atoms with Crippen LogP contribution in [0.3, 0.4) is 0 Å². The number of nitrogens with zero attached hydrogens (tertiary/aromatic N) is 2. The zero-order valence-electron chi connectivity index (χ0n) is 14.7. The molecule has 1 saturated heterocycles. The average molecular weight is 365 g/mol. The van der Waals surface area contributed by atoms with Crippen LogP contribution in [0.25, 0.3) is 10.9 Å². The van der Waals surface area contributed by atoms with E-state index in [-0.39, 0.29) is 30.2 Å². The van der Waals surface area contributed by atoms with Crippen LogP contribution >= 0.6 is 0 Å². The van der Waals surface area contributed by atoms with Gasteiger partial charge in [-0.1, -0.05) is 0 Å². The van der Waals surface area contributed by atoms with Gasteiger partial charge in [-0.05, 0) is 18.6 Å². The lowest BCUT2D eigenvalue weighted by atomic mass is 10.1. The lowest BCUT2D eigenvalue weighted by molar-refractivity contribution is -0.138. The first-order chi connectivity index (χ1) is 12.5. The van der Waals surface area contributed by atoms with E-state index < -0.39 is 11.6 Å². The van der Waals surface area contributed by atoms with E-state index in [0.29, 0.717) is 30.7 Å². The van der Waals surface area contributed by atoms with Crippen molar-refractivity contribution in [2.24, 2.45) is 0 Å². The summed E-state index contributed by atoms with van der Waals surface area (Å²) in [6.45, 7) is 0.859. The SMILES string of the molecule is CN(C)C(=O)CO[C@H]1CCOC[C@H]1Nc1ccnc2c(F)cc(F)cc12. The number of benzene rings is 1. The number of rotatable bonds is 5. The molecule has 1 fully saturated rings. The highest BCUT2D eigenvalue weighted by Crippen LogP contribution is 2.27. The smallest absolute Gasteiger partial charge is 0.248 e. The zero-order valence-corrected chi connectivity index (χ0v) is 14.7. The second-order valence-electron chi connectivity index (χ2n) is 6.39. The summed E-state index contributed by atoms with van der Waals surface area (Å²) in [6, 6.07) is 3.44. The molecule has 0 unspecified atom stereocenters. The number of carbonyl (C=O) groups excluding carboxylic acids is 1. The molecule has 140 valence electrons. The molecule has 2 atom stereocenters. The van der Waals surface area contributed by atoms with E-state index in [1.165, 1.54) is 17.2 Å². The first kappa shape index (κ1) is 18.5. The molecule has 1 N–H and O–H groups in total. The maximum Gasteiger partial charge on any atom is 0.248 e. The number of ether oxygens (including phenoxy) is 2. The van der Waals surface area contributed by atoms with E-state index in [2.05, 4.69) is 10.3 Å². The molecule has 26 heavy (non-hydrogen) atoms. The van der Waals surface area contributed by atoms with Crippen molar-refractivity contribution in [1.82, 2.24) is 9.88 Å². The molecule has 2 heterocycles. The number of amides is 1. The molecule has 1 amide bonds. The van der Waals surface area contributed by atoms with E-state index >= 15 is 0 Å². The molecule has 2 aromatic rings. The topological polar surface area (TPSA) is 63.7 Å². The van der Waals surface area contributed by atoms with Crippen LogP contribution in [0.4, 0.5) is 14.5 Å². The highest BCUT2D eigenvalue weighted by Gasteiger charge is 2.28. The number of carbonyl (C=O) groups is 1. The molecule has 1 aliphatic heterocycles. The fraction of sp³-hybridized carbons (Fsp3) is 0.444. The van der Waals surface area contributed by atoms with Gasteiger partial charge in [-0.2, -0.15) is 0 Å². The summed E-state index contributed by atoms with van der Waals surface area (Å²) in [5, 5.41) is 3.58. The van der Waals surface area contributed by atoms with Gasteiger partial charge in [0.15, 0.2) is 5.82 Å². The third kappa shape index (κ3) is 4.08. The first-order valence-corrected chi connectivity index (χ1v) is 8.35. The summed E-state index contributed by atoms with van der Waals surface area (Å²) >= 11 is 0. The Morgan fingerprint density at radius 1 is 1.42 bits per heavy atom. The van der Waals surface area contributed by atoms with Crippen LogP contribution in [0.1, 0.15) is 6.42 Å². The Kier molecular flexibility index (Phi) is 5.63. The number of anilines is 1. The Labute approximate surface area is 150 Å². The van der Waals surface area contributed by atoms with Crippen LogP contribution in [-0.2, 0) is 14.3 Å². The van der Waals surface area contributed by atoms with Crippen molar-refractivity contribution in [3.63, 3.8) is 0 Å². The fourth-order valence-corrected chi connectivity index (χ4v) is 2.86. The zero-order chi connectivity index (χ0) is 18.7. The molecule has 0 bridgehead atoms. The first-order valence-electron chi connectivity index (χ1n) is 8.35. The standard InChI is InChI=1S/C18H21F2N3O3/c1-23(2)17(24)10-26-16-4-6-25-9-15(16)22-14-3-5-21-18-12(14)7-11(19)8-13(18)20/h3,5,7-8,15-16H,4,6,9-10H2,1-2H3,(H,21,22)/t15-,16+/m1/s1. The fourth-order valence-electron chi connectivity index (χ4n) is 2.86. The van der Waals surface area contributed by atoms with Gasteiger partial charge in [0, 0.05) is 44.0 Å². The molecule has 3 rings (SSSR count). The monoisotopic (exact) mass is 365 g/mol. The molecular weight excluding hydrogens is 344 g/mol. The minimum atomic E-state index is -0.715. The Morgan fingerprint density at radius 3 is 3.00 bits per heavy atom. The van der Waals surface area contributed by atoms with Gasteiger partial charge in [0.2, 0.25) is 5.91 Å². The summed E-state index contributed by atoms with van der Waals surface area (Å²) in [5.74, 6) is -1.52. The van der Waals surface area contributed by atoms with Gasteiger partial charge in [-0.25, -0.2) is 8.78 Å². The minimum Gasteiger partial charge on any atom is -0.379 e. The van der Waals surface area contributed by atoms with Gasteiger partial charge < -0.3 is 19.7 Å². The summed E-state index contributed by atoms with van der Waals surface area (Å²) in [5.41, 5.74) is 0.629. The van der Waals surface area contributed by atoms with Crippen molar-refractivity contribution < 1.29 is 23.0 Å². The van der Waals surface area contributed by atoms with Crippen molar-refractivity contribution >= 4 is 22.5 Å². The number of pyridine rings is 1. The number of hydrogen-bond donors (Lipinski definition) is 1. The predicted octanol–water partition coefficient (Wildman–Crippen LogP) is 2.19. The van der Waals surface area contributed by atoms with E-state index in [4.69, 9.17) is 9.47 Å². The average Bonchev–Trinajstić information content (AvgIpc) is 2.61. The van der Waals surface area contributed by atoms with Crippen molar-refractivity contribution in [3.05, 3.63) is 36.0 Å². The molecule has 0 spiro atoms. The number of halogens is 2. The van der Waals surface area contributed by atoms with Crippen LogP contribution < -0.4 is 5.32 Å². The molecule has 1 aromatic heterocycles. The molecule has 1 aliphatic rings. The number of aromatic nitrogens is 1. The highest BCUT2D eigenvalue weighted by atomic mass is 19.1. The third-order valence-corrected chi connectivity index (χ3v) is 4.32. The highest BCUT2D eigenvalue weighted by molar-refractivity contribution is 5.91. The van der Waals surface area contributed by atoms with Gasteiger partial charge in [0.05, 0.1) is 18.8 Å². The summed E-state index contributed by atoms with van der Waals surface area (Å²) in [6.07, 6.45) is 1.82. The number of likely N-dealkylation sites (N-methyl/N-ethyl adjacent to an activating group) is 1. The van der Waals surface area contributed by atoms with E-state index in [9.17, 15) is 13.6 Å². The largest absolute Gasteiger partial charge is 0.379 e. The van der Waals surface area contributed by atoms with Gasteiger partial charge in [0.25, 0.3) is 0 Å². The second kappa shape index (κ2) is 7.92. The van der Waals surface area contributed by atoms with E-state index in [0.717, 1.165) is 6.07 Å². The normalized spacial score (nSPS) is 20.2. The Morgan fingerprint density at radius 2 is 2.23 bits per heavy atom. The third-order valence-electron chi connectivity index (χ3n) is 4.32. The van der Waals surface area contributed by atoms with Gasteiger partial charge in [0.1, 0.15) is 17.9 Å². The van der Waals surface area contributed by atoms with Crippen LogP contribution in [0.2, 0.25) is 0 Å². The molecule has 6 nitrogen and oxygen atoms in total. The maximum absolute atomic E-state index is 13.9. The van der Waals surface area contributed by atoms with Crippen molar-refractivity contribution in [1.29, 1.82) is 0 Å². The van der Waals surface area contributed by atoms with Gasteiger partial charge in [-0.15, -0.1) is 0 Å². The number of fused-ring (bicyclic) bond motifs is 1. The quantitative estimate of drug-likeness (QED) is 0.880. The molecular formula is C18H21F2N3O3. The van der Waals surface area contributed by atoms with Crippen molar-refractivity contribution in [2.45, 2.75) is 18.6 Å². The van der Waals surface area contributed by atoms with Gasteiger partial charge in [-0.3, -0.25) is 9.78 Å². The summed E-state index contributed by atoms with van der Waals surface area (Å²) < 4.78 is 38.8. The predicted molar refractivity (Wildman–Crippen MR) is 92.9 cm³/mol. The summed E-state index contributed by atoms with van der Waals surface area (Å²) in [4.78, 5) is 17.2. The van der Waals surface area contributed by atoms with Crippen LogP contribution in [-0.4, -0.2) is 61.9 Å². The van der Waals surface area contributed by atoms with Crippen molar-refractivity contribution in [3.8, 4) is 0 Å².